The van der Waals surface area contributed by atoms with Crippen molar-refractivity contribution in [2.75, 3.05) is 31.1 Å². The number of hydrogen-bond donors (Lipinski definition) is 1. The van der Waals surface area contributed by atoms with E-state index in [2.05, 4.69) is 13.2 Å². The minimum atomic E-state index is -1.13. The highest BCUT2D eigenvalue weighted by atomic mass is 35.5. The van der Waals surface area contributed by atoms with E-state index >= 15 is 0 Å². The fourth-order valence-corrected chi connectivity index (χ4v) is 6.94. The molecule has 3 saturated heterocycles. The predicted molar refractivity (Wildman–Crippen MR) is 157 cm³/mol. The van der Waals surface area contributed by atoms with E-state index in [4.69, 9.17) is 16.3 Å². The second-order valence-electron chi connectivity index (χ2n) is 10.9. The summed E-state index contributed by atoms with van der Waals surface area (Å²) in [5.41, 5.74) is 0.460. The first-order valence-electron chi connectivity index (χ1n) is 14.1. The van der Waals surface area contributed by atoms with Gasteiger partial charge in [0.25, 0.3) is 5.91 Å². The molecule has 0 aliphatic carbocycles. The van der Waals surface area contributed by atoms with E-state index in [-0.39, 0.29) is 37.4 Å². The normalized spacial score (nSPS) is 26.1. The van der Waals surface area contributed by atoms with Crippen molar-refractivity contribution in [2.24, 2.45) is 11.8 Å². The van der Waals surface area contributed by atoms with Gasteiger partial charge in [0, 0.05) is 43.5 Å². The van der Waals surface area contributed by atoms with Crippen LogP contribution in [0.2, 0.25) is 5.02 Å². The van der Waals surface area contributed by atoms with Crippen molar-refractivity contribution in [3.05, 3.63) is 90.5 Å². The maximum atomic E-state index is 14.4. The van der Waals surface area contributed by atoms with Gasteiger partial charge in [0.15, 0.2) is 0 Å². The third kappa shape index (κ3) is 5.20. The Kier molecular flexibility index (Phi) is 8.63. The minimum absolute atomic E-state index is 0.133. The molecule has 3 amide bonds. The first kappa shape index (κ1) is 29.0. The van der Waals surface area contributed by atoms with Crippen molar-refractivity contribution in [3.8, 4) is 0 Å². The van der Waals surface area contributed by atoms with Gasteiger partial charge in [-0.15, -0.1) is 13.2 Å². The fourth-order valence-electron chi connectivity index (χ4n) is 6.82. The molecule has 8 nitrogen and oxygen atoms in total. The lowest BCUT2D eigenvalue weighted by Crippen LogP contribution is -2.56. The lowest BCUT2D eigenvalue weighted by molar-refractivity contribution is -0.145. The van der Waals surface area contributed by atoms with Crippen LogP contribution in [0.25, 0.3) is 0 Å². The summed E-state index contributed by atoms with van der Waals surface area (Å²) in [5.74, 6) is -2.25. The van der Waals surface area contributed by atoms with Gasteiger partial charge in [-0.2, -0.15) is 0 Å². The SMILES string of the molecule is C=CCN(Cc1ccccc1)C(=O)[C@@H]1[C@@H]2CCC3(O2)C(C(=O)N(CC=C)c2ccc(Cl)cc2)N(CCCO)C(=O)[C@H]13. The van der Waals surface area contributed by atoms with Crippen molar-refractivity contribution < 1.29 is 24.2 Å². The summed E-state index contributed by atoms with van der Waals surface area (Å²) in [4.78, 5) is 47.6. The van der Waals surface area contributed by atoms with Gasteiger partial charge in [0.05, 0.1) is 17.9 Å². The Morgan fingerprint density at radius 3 is 2.44 bits per heavy atom. The number of hydrogen-bond acceptors (Lipinski definition) is 5. The Labute approximate surface area is 245 Å². The van der Waals surface area contributed by atoms with Gasteiger partial charge in [-0.3, -0.25) is 14.4 Å². The molecule has 1 N–H and O–H groups in total. The van der Waals surface area contributed by atoms with Gasteiger partial charge in [-0.05, 0) is 49.1 Å². The fraction of sp³-hybridized carbons (Fsp3) is 0.406. The monoisotopic (exact) mass is 577 g/mol. The van der Waals surface area contributed by atoms with Gasteiger partial charge in [-0.1, -0.05) is 54.1 Å². The van der Waals surface area contributed by atoms with Gasteiger partial charge >= 0.3 is 0 Å². The third-order valence-corrected chi connectivity index (χ3v) is 8.72. The standard InChI is InChI=1S/C32H36ClN3O5/c1-3-17-34(21-22-9-6-5-7-10-22)29(38)26-25-15-16-32(41-25)27(26)30(39)36(19-8-20-37)28(32)31(40)35(18-4-2)24-13-11-23(33)12-14-24/h3-7,9-14,25-28,37H,1-2,8,15-21H2/t25-,26+,27-,28?,32?/m0/s1. The summed E-state index contributed by atoms with van der Waals surface area (Å²) >= 11 is 6.11. The highest BCUT2D eigenvalue weighted by Gasteiger charge is 2.74. The van der Waals surface area contributed by atoms with Gasteiger partial charge < -0.3 is 24.5 Å². The zero-order valence-corrected chi connectivity index (χ0v) is 23.8. The Hall–Kier alpha value is -3.46. The van der Waals surface area contributed by atoms with Gasteiger partial charge in [0.2, 0.25) is 11.8 Å². The summed E-state index contributed by atoms with van der Waals surface area (Å²) < 4.78 is 6.60. The first-order valence-corrected chi connectivity index (χ1v) is 14.4. The second kappa shape index (κ2) is 12.2. The minimum Gasteiger partial charge on any atom is -0.396 e. The van der Waals surface area contributed by atoms with E-state index in [0.29, 0.717) is 43.1 Å². The Bertz CT molecular complexity index is 1300. The molecule has 3 heterocycles. The number of amides is 3. The highest BCUT2D eigenvalue weighted by Crippen LogP contribution is 2.59. The predicted octanol–water partition coefficient (Wildman–Crippen LogP) is 3.83. The van der Waals surface area contributed by atoms with E-state index in [1.165, 1.54) is 4.90 Å². The molecule has 0 aromatic heterocycles. The third-order valence-electron chi connectivity index (χ3n) is 8.47. The average molecular weight is 578 g/mol. The Morgan fingerprint density at radius 1 is 1.07 bits per heavy atom. The quantitative estimate of drug-likeness (QED) is 0.387. The molecule has 2 bridgehead atoms. The van der Waals surface area contributed by atoms with E-state index < -0.39 is 29.6 Å². The molecule has 9 heteroatoms. The number of anilines is 1. The zero-order valence-electron chi connectivity index (χ0n) is 23.0. The van der Waals surface area contributed by atoms with Crippen LogP contribution >= 0.6 is 11.6 Å². The summed E-state index contributed by atoms with van der Waals surface area (Å²) in [7, 11) is 0. The molecule has 2 aromatic carbocycles. The molecule has 41 heavy (non-hydrogen) atoms. The molecular formula is C32H36ClN3O5. The van der Waals surface area contributed by atoms with Crippen molar-refractivity contribution >= 4 is 35.0 Å². The maximum Gasteiger partial charge on any atom is 0.253 e. The molecule has 1 spiro atoms. The van der Waals surface area contributed by atoms with Crippen LogP contribution in [0.4, 0.5) is 5.69 Å². The molecule has 3 aliphatic heterocycles. The number of nitrogens with zero attached hydrogens (tertiary/aromatic N) is 3. The average Bonchev–Trinajstić information content (AvgIpc) is 3.62. The number of carbonyl (C=O) groups excluding carboxylic acids is 3. The number of likely N-dealkylation sites (tertiary alicyclic amines) is 1. The molecule has 2 unspecified atom stereocenters. The molecule has 3 aliphatic rings. The largest absolute Gasteiger partial charge is 0.396 e. The topological polar surface area (TPSA) is 90.4 Å². The number of carbonyl (C=O) groups is 3. The molecule has 3 fully saturated rings. The number of aliphatic hydroxyl groups excluding tert-OH is 1. The molecule has 2 aromatic rings. The summed E-state index contributed by atoms with van der Waals surface area (Å²) in [6.45, 7) is 8.64. The number of rotatable bonds is 12. The van der Waals surface area contributed by atoms with Crippen molar-refractivity contribution in [3.63, 3.8) is 0 Å². The molecule has 5 atom stereocenters. The lowest BCUT2D eigenvalue weighted by atomic mass is 9.70. The maximum absolute atomic E-state index is 14.4. The van der Waals surface area contributed by atoms with E-state index in [9.17, 15) is 19.5 Å². The summed E-state index contributed by atoms with van der Waals surface area (Å²) in [6.07, 6.45) is 4.23. The van der Waals surface area contributed by atoms with Crippen LogP contribution in [0, 0.1) is 11.8 Å². The van der Waals surface area contributed by atoms with E-state index in [0.717, 1.165) is 5.56 Å². The van der Waals surface area contributed by atoms with E-state index in [1.807, 2.05) is 30.3 Å². The lowest BCUT2D eigenvalue weighted by Gasteiger charge is -2.37. The molecular weight excluding hydrogens is 542 g/mol. The molecule has 0 radical (unpaired) electrons. The number of ether oxygens (including phenoxy) is 1. The number of fused-ring (bicyclic) bond motifs is 1. The molecule has 216 valence electrons. The summed E-state index contributed by atoms with van der Waals surface area (Å²) in [5, 5.41) is 10.2. The second-order valence-corrected chi connectivity index (χ2v) is 11.3. The number of benzene rings is 2. The van der Waals surface area contributed by atoms with Gasteiger partial charge in [0.1, 0.15) is 11.6 Å². The van der Waals surface area contributed by atoms with Crippen LogP contribution in [-0.4, -0.2) is 76.6 Å². The van der Waals surface area contributed by atoms with Crippen molar-refractivity contribution in [2.45, 2.75) is 43.6 Å². The van der Waals surface area contributed by atoms with Crippen LogP contribution in [0.15, 0.2) is 79.9 Å². The molecule has 0 saturated carbocycles. The van der Waals surface area contributed by atoms with Crippen LogP contribution in [0.3, 0.4) is 0 Å². The first-order chi connectivity index (χ1) is 19.9. The van der Waals surface area contributed by atoms with Crippen LogP contribution in [0.1, 0.15) is 24.8 Å². The van der Waals surface area contributed by atoms with Crippen molar-refractivity contribution in [1.29, 1.82) is 0 Å². The zero-order chi connectivity index (χ0) is 29.1. The highest BCUT2D eigenvalue weighted by molar-refractivity contribution is 6.30. The van der Waals surface area contributed by atoms with Crippen LogP contribution < -0.4 is 4.90 Å². The number of aliphatic hydroxyl groups is 1. The van der Waals surface area contributed by atoms with Gasteiger partial charge in [-0.25, -0.2) is 0 Å². The molecule has 5 rings (SSSR count). The van der Waals surface area contributed by atoms with Crippen LogP contribution in [0.5, 0.6) is 0 Å². The Morgan fingerprint density at radius 2 is 1.78 bits per heavy atom. The summed E-state index contributed by atoms with van der Waals surface area (Å²) in [6, 6.07) is 15.7. The smallest absolute Gasteiger partial charge is 0.253 e. The Balaban J connectivity index is 1.51. The number of halogens is 1. The van der Waals surface area contributed by atoms with E-state index in [1.54, 1.807) is 46.2 Å². The van der Waals surface area contributed by atoms with Crippen LogP contribution in [-0.2, 0) is 25.7 Å². The van der Waals surface area contributed by atoms with Crippen molar-refractivity contribution in [1.82, 2.24) is 9.80 Å².